The van der Waals surface area contributed by atoms with Crippen molar-refractivity contribution in [2.45, 2.75) is 20.2 Å². The van der Waals surface area contributed by atoms with Crippen molar-refractivity contribution in [2.75, 3.05) is 11.9 Å². The van der Waals surface area contributed by atoms with E-state index in [4.69, 9.17) is 16.4 Å². The van der Waals surface area contributed by atoms with Crippen LogP contribution in [-0.2, 0) is 0 Å². The molecule has 0 aliphatic heterocycles. The molecule has 0 atom stereocenters. The largest absolute Gasteiger partial charge is 0.573 e. The first kappa shape index (κ1) is 25.3. The Hall–Kier alpha value is -4.33. The van der Waals surface area contributed by atoms with Crippen LogP contribution in [0.15, 0.2) is 52.6 Å². The van der Waals surface area contributed by atoms with Crippen LogP contribution < -0.4 is 37.5 Å². The molecule has 0 fully saturated rings. The smallest absolute Gasteiger partial charge is 0.485 e. The molecule has 0 aliphatic rings. The van der Waals surface area contributed by atoms with Crippen molar-refractivity contribution in [2.24, 2.45) is 16.8 Å². The fourth-order valence-electron chi connectivity index (χ4n) is 3.17. The zero-order chi connectivity index (χ0) is 25.8. The molecule has 14 heteroatoms. The maximum atomic E-state index is 14.3. The van der Waals surface area contributed by atoms with Crippen LogP contribution in [-0.4, -0.2) is 28.4 Å². The molecule has 6 N–H and O–H groups in total. The van der Waals surface area contributed by atoms with Crippen molar-refractivity contribution < 1.29 is 27.0 Å². The number of amidine groups is 1. The second-order valence-corrected chi connectivity index (χ2v) is 7.18. The first-order valence-corrected chi connectivity index (χ1v) is 9.90. The lowest BCUT2D eigenvalue weighted by molar-refractivity contribution is -0.274. The van der Waals surface area contributed by atoms with Crippen molar-refractivity contribution >= 4 is 17.3 Å². The first-order chi connectivity index (χ1) is 16.5. The lowest BCUT2D eigenvalue weighted by Gasteiger charge is -2.16. The van der Waals surface area contributed by atoms with Crippen LogP contribution >= 0.6 is 0 Å². The summed E-state index contributed by atoms with van der Waals surface area (Å²) in [6, 6.07) is 5.83. The Morgan fingerprint density at radius 3 is 2.46 bits per heavy atom. The number of nitrogens with two attached hydrogens (primary N) is 2. The van der Waals surface area contributed by atoms with Crippen LogP contribution in [0.1, 0.15) is 11.1 Å². The highest BCUT2D eigenvalue weighted by Crippen LogP contribution is 2.28. The second kappa shape index (κ2) is 10.3. The molecule has 0 bridgehead atoms. The quantitative estimate of drug-likeness (QED) is 0.129. The second-order valence-electron chi connectivity index (χ2n) is 7.18. The molecular weight excluding hydrogens is 474 g/mol. The number of benzene rings is 2. The minimum absolute atomic E-state index is 0.00430. The summed E-state index contributed by atoms with van der Waals surface area (Å²) in [7, 11) is 0. The minimum atomic E-state index is -4.96. The number of anilines is 2. The number of rotatable bonds is 7. The van der Waals surface area contributed by atoms with Gasteiger partial charge in [0, 0.05) is 24.1 Å². The van der Waals surface area contributed by atoms with Gasteiger partial charge in [-0.15, -0.1) is 13.2 Å². The molecule has 0 radical (unpaired) electrons. The van der Waals surface area contributed by atoms with Gasteiger partial charge < -0.3 is 26.1 Å². The number of nitrogens with one attached hydrogen (secondary N) is 2. The molecule has 0 amide bonds. The van der Waals surface area contributed by atoms with Gasteiger partial charge in [0.1, 0.15) is 23.9 Å². The fourth-order valence-corrected chi connectivity index (χ4v) is 3.17. The van der Waals surface area contributed by atoms with Gasteiger partial charge in [-0.1, -0.05) is 0 Å². The number of halogens is 4. The number of hydrogen-bond acceptors (Lipinski definition) is 8. The average molecular weight is 495 g/mol. The Morgan fingerprint density at radius 1 is 1.20 bits per heavy atom. The number of alkyl halides is 3. The number of aryl methyl sites for hydroxylation is 2. The Kier molecular flexibility index (Phi) is 7.44. The highest BCUT2D eigenvalue weighted by molar-refractivity contribution is 5.82. The summed E-state index contributed by atoms with van der Waals surface area (Å²) in [5.41, 5.74) is 3.28. The minimum Gasteiger partial charge on any atom is -0.485 e. The van der Waals surface area contributed by atoms with Crippen molar-refractivity contribution in [1.29, 1.82) is 0 Å². The topological polar surface area (TPSA) is 142 Å². The fraction of sp³-hybridized carbons (Fsp3) is 0.190. The van der Waals surface area contributed by atoms with E-state index < -0.39 is 23.5 Å². The van der Waals surface area contributed by atoms with Gasteiger partial charge in [0.25, 0.3) is 5.56 Å². The van der Waals surface area contributed by atoms with Crippen molar-refractivity contribution in [3.63, 3.8) is 0 Å². The van der Waals surface area contributed by atoms with Crippen LogP contribution in [0.4, 0.5) is 29.1 Å². The molecular formula is C21H21F4N7O3. The number of hydrazine groups is 1. The van der Waals surface area contributed by atoms with E-state index in [-0.39, 0.29) is 23.9 Å². The molecule has 0 saturated carbocycles. The Bertz CT molecular complexity index is 1290. The lowest BCUT2D eigenvalue weighted by atomic mass is 10.1. The summed E-state index contributed by atoms with van der Waals surface area (Å²) < 4.78 is 62.0. The third kappa shape index (κ3) is 6.17. The summed E-state index contributed by atoms with van der Waals surface area (Å²) in [4.78, 5) is 16.9. The summed E-state index contributed by atoms with van der Waals surface area (Å²) in [5, 5.41) is 5.94. The molecule has 1 heterocycles. The molecule has 0 saturated heterocycles. The predicted molar refractivity (Wildman–Crippen MR) is 120 cm³/mol. The van der Waals surface area contributed by atoms with Crippen LogP contribution in [0.2, 0.25) is 0 Å². The molecule has 10 nitrogen and oxygen atoms in total. The van der Waals surface area contributed by atoms with Gasteiger partial charge in [-0.05, 0) is 49.2 Å². The molecule has 3 aromatic rings. The van der Waals surface area contributed by atoms with Gasteiger partial charge in [0.05, 0.1) is 5.69 Å². The number of ether oxygens (including phenoxy) is 2. The normalized spacial score (nSPS) is 11.8. The zero-order valence-corrected chi connectivity index (χ0v) is 18.5. The van der Waals surface area contributed by atoms with Crippen molar-refractivity contribution in [1.82, 2.24) is 15.0 Å². The summed E-state index contributed by atoms with van der Waals surface area (Å²) in [6.07, 6.45) is -2.24. The predicted octanol–water partition coefficient (Wildman–Crippen LogP) is 2.74. The number of nitrogens with zero attached hydrogens (tertiary/aromatic N) is 3. The molecule has 0 unspecified atom stereocenters. The van der Waals surface area contributed by atoms with E-state index in [0.29, 0.717) is 28.6 Å². The molecule has 0 spiro atoms. The van der Waals surface area contributed by atoms with E-state index in [1.54, 1.807) is 26.0 Å². The Labute approximate surface area is 196 Å². The van der Waals surface area contributed by atoms with Gasteiger partial charge in [0.2, 0.25) is 0 Å². The van der Waals surface area contributed by atoms with Gasteiger partial charge in [0.15, 0.2) is 11.7 Å². The third-order valence-electron chi connectivity index (χ3n) is 4.67. The van der Waals surface area contributed by atoms with E-state index in [1.165, 1.54) is 17.0 Å². The molecule has 1 aromatic heterocycles. The van der Waals surface area contributed by atoms with Crippen LogP contribution in [0.5, 0.6) is 11.5 Å². The molecule has 3 rings (SSSR count). The molecule has 0 aliphatic carbocycles. The average Bonchev–Trinajstić information content (AvgIpc) is 2.77. The monoisotopic (exact) mass is 495 g/mol. The summed E-state index contributed by atoms with van der Waals surface area (Å²) in [6.45, 7) is 3.54. The molecule has 2 aromatic carbocycles. The third-order valence-corrected chi connectivity index (χ3v) is 4.67. The maximum absolute atomic E-state index is 14.3. The van der Waals surface area contributed by atoms with Gasteiger partial charge in [-0.3, -0.25) is 9.36 Å². The Balaban J connectivity index is 1.88. The number of hydrogen-bond donors (Lipinski definition) is 4. The number of aromatic nitrogens is 2. The van der Waals surface area contributed by atoms with Crippen molar-refractivity contribution in [3.05, 3.63) is 70.0 Å². The van der Waals surface area contributed by atoms with E-state index in [9.17, 15) is 22.4 Å². The van der Waals surface area contributed by atoms with E-state index in [2.05, 4.69) is 25.6 Å². The van der Waals surface area contributed by atoms with E-state index >= 15 is 0 Å². The first-order valence-electron chi connectivity index (χ1n) is 9.90. The SMILES string of the molecule is Cc1cc(-n2ccnc(Nc3ccc(OC(F)(F)F)cc3F)c2=O)cc(C)c1OC/C(=N/N)NN. The Morgan fingerprint density at radius 2 is 1.89 bits per heavy atom. The van der Waals surface area contributed by atoms with Crippen LogP contribution in [0.25, 0.3) is 5.69 Å². The van der Waals surface area contributed by atoms with Gasteiger partial charge >= 0.3 is 6.36 Å². The van der Waals surface area contributed by atoms with E-state index in [1.807, 2.05) is 0 Å². The zero-order valence-electron chi connectivity index (χ0n) is 18.5. The highest BCUT2D eigenvalue weighted by Gasteiger charge is 2.31. The lowest BCUT2D eigenvalue weighted by Crippen LogP contribution is -2.35. The maximum Gasteiger partial charge on any atom is 0.573 e. The van der Waals surface area contributed by atoms with Crippen molar-refractivity contribution in [3.8, 4) is 17.2 Å². The van der Waals surface area contributed by atoms with Gasteiger partial charge in [-0.25, -0.2) is 15.2 Å². The molecule has 186 valence electrons. The number of hydrazone groups is 1. The highest BCUT2D eigenvalue weighted by atomic mass is 19.4. The van der Waals surface area contributed by atoms with Crippen LogP contribution in [0.3, 0.4) is 0 Å². The summed E-state index contributed by atoms with van der Waals surface area (Å²) in [5.74, 6) is 9.19. The van der Waals surface area contributed by atoms with E-state index in [0.717, 1.165) is 12.1 Å². The summed E-state index contributed by atoms with van der Waals surface area (Å²) >= 11 is 0. The standard InChI is InChI=1S/C21H21F4N7O3/c1-11-7-13(8-12(2)18(11)34-10-17(30-26)31-27)32-6-5-28-19(20(32)33)29-16-4-3-14(9-15(16)22)35-21(23,24)25/h3-9H,10,26-27H2,1-2H3,(H,28,29)(H,30,31). The van der Waals surface area contributed by atoms with Crippen LogP contribution in [0, 0.1) is 19.7 Å². The van der Waals surface area contributed by atoms with Gasteiger partial charge in [-0.2, -0.15) is 5.10 Å². The molecule has 35 heavy (non-hydrogen) atoms.